The van der Waals surface area contributed by atoms with E-state index in [2.05, 4.69) is 10.5 Å². The minimum Gasteiger partial charge on any atom is -1.00 e. The molecule has 0 amide bonds. The number of nitrogens with zero attached hydrogens (tertiary/aromatic N) is 2. The van der Waals surface area contributed by atoms with Crippen molar-refractivity contribution in [2.75, 3.05) is 47.8 Å². The number of nitrogens with one attached hydrogen (secondary N) is 1. The van der Waals surface area contributed by atoms with Crippen LogP contribution in [0.25, 0.3) is 5.70 Å². The third kappa shape index (κ3) is 6.17. The average Bonchev–Trinajstić information content (AvgIpc) is 2.99. The summed E-state index contributed by atoms with van der Waals surface area (Å²) in [5.74, 6) is -3.78. The first kappa shape index (κ1) is 36.9. The Bertz CT molecular complexity index is 1580. The summed E-state index contributed by atoms with van der Waals surface area (Å²) in [4.78, 5) is 0. The van der Waals surface area contributed by atoms with E-state index in [4.69, 9.17) is 28.4 Å². The molecule has 0 unspecified atom stereocenters. The smallest absolute Gasteiger partial charge is 1.00 e. The van der Waals surface area contributed by atoms with Gasteiger partial charge < -0.3 is 24.8 Å². The normalized spacial score (nSPS) is 12.3. The Balaban J connectivity index is 0.00000353. The van der Waals surface area contributed by atoms with Gasteiger partial charge in [-0.2, -0.15) is 0 Å². The van der Waals surface area contributed by atoms with E-state index >= 15 is 0 Å². The quantitative estimate of drug-likeness (QED) is 0.114. The molecule has 18 heteroatoms. The fourth-order valence-electron chi connectivity index (χ4n) is 4.34. The van der Waals surface area contributed by atoms with Crippen molar-refractivity contribution in [3.8, 4) is 69.0 Å². The van der Waals surface area contributed by atoms with E-state index in [1.807, 2.05) is 0 Å². The summed E-state index contributed by atoms with van der Waals surface area (Å²) < 4.78 is 31.8. The second-order valence-electron chi connectivity index (χ2n) is 8.66. The van der Waals surface area contributed by atoms with Crippen LogP contribution in [0.15, 0.2) is 26.6 Å². The van der Waals surface area contributed by atoms with Gasteiger partial charge in [-0.3, -0.25) is 0 Å². The molecule has 1 aliphatic heterocycles. The fourth-order valence-corrected chi connectivity index (χ4v) is 5.22. The summed E-state index contributed by atoms with van der Waals surface area (Å²) in [5, 5.41) is 72.2. The van der Waals surface area contributed by atoms with Crippen LogP contribution in [0.1, 0.15) is 11.1 Å². The standard InChI is InChI=1S/C27H28N3O12.2ClH.Zr/c1-37-13-8-14(38-2)23(32)19(22(13)31)11-7-12(20-24(33)15(39-3)9-16(40-4)25(20)34)29-30(28-11)21-26(35)17(41-5)10-18(42-6)27(21)36;;;/h8-10,28,31-36H,1-6H3;2*1H;/q;;;+2/p-2. The van der Waals surface area contributed by atoms with Crippen molar-refractivity contribution in [2.24, 2.45) is 5.10 Å². The van der Waals surface area contributed by atoms with Gasteiger partial charge in [0.2, 0.25) is 0 Å². The SMILES string of the molecule is COc1cc(OC)c(O)c(C2=NN(c3c(O)c(OC)cc(OC)c3O)NC(c3c(O)c(OC)cc(OC)c3O)=[C]2[Zr+2])c1O.[Cl-].[Cl-]. The third-order valence-corrected chi connectivity index (χ3v) is 7.70. The van der Waals surface area contributed by atoms with Gasteiger partial charge in [-0.25, -0.2) is 0 Å². The molecule has 0 saturated heterocycles. The molecule has 1 aliphatic rings. The molecule has 241 valence electrons. The maximum Gasteiger partial charge on any atom is -1.00 e. The summed E-state index contributed by atoms with van der Waals surface area (Å²) in [6.45, 7) is 0. The predicted molar refractivity (Wildman–Crippen MR) is 148 cm³/mol. The first-order chi connectivity index (χ1) is 20.5. The van der Waals surface area contributed by atoms with Crippen molar-refractivity contribution in [3.05, 3.63) is 32.6 Å². The van der Waals surface area contributed by atoms with E-state index in [9.17, 15) is 30.6 Å². The van der Waals surface area contributed by atoms with E-state index in [-0.39, 0.29) is 85.1 Å². The molecule has 0 fully saturated rings. The van der Waals surface area contributed by atoms with Crippen LogP contribution in [0.2, 0.25) is 0 Å². The number of rotatable bonds is 9. The summed E-state index contributed by atoms with van der Waals surface area (Å²) in [7, 11) is 7.75. The van der Waals surface area contributed by atoms with Gasteiger partial charge in [-0.1, -0.05) is 0 Å². The number of hydrazine groups is 1. The number of benzene rings is 3. The number of aromatic hydroxyl groups is 6. The number of phenols is 6. The van der Waals surface area contributed by atoms with Gasteiger partial charge in [0.1, 0.15) is 0 Å². The molecule has 7 N–H and O–H groups in total. The van der Waals surface area contributed by atoms with E-state index < -0.39 is 40.2 Å². The van der Waals surface area contributed by atoms with Crippen molar-refractivity contribution in [1.82, 2.24) is 5.43 Å². The molecule has 3 aromatic carbocycles. The van der Waals surface area contributed by atoms with Crippen molar-refractivity contribution < 1.29 is 109 Å². The number of anilines is 1. The van der Waals surface area contributed by atoms with Gasteiger partial charge in [0.25, 0.3) is 0 Å². The molecule has 0 spiro atoms. The van der Waals surface area contributed by atoms with E-state index in [1.54, 1.807) is 0 Å². The molecule has 0 saturated carbocycles. The molecule has 0 aromatic heterocycles. The number of hydrazone groups is 1. The fraction of sp³-hybridized carbons (Fsp3) is 0.222. The Hall–Kier alpha value is -4.27. The molecule has 15 nitrogen and oxygen atoms in total. The molecule has 45 heavy (non-hydrogen) atoms. The van der Waals surface area contributed by atoms with Crippen LogP contribution < -0.4 is 63.8 Å². The first-order valence-corrected chi connectivity index (χ1v) is 13.3. The van der Waals surface area contributed by atoms with Crippen molar-refractivity contribution in [2.45, 2.75) is 0 Å². The topological polar surface area (TPSA) is 204 Å². The number of allylic oxidation sites excluding steroid dienone is 1. The number of ether oxygens (including phenoxy) is 6. The first-order valence-electron chi connectivity index (χ1n) is 12.1. The molecular weight excluding hydrogens is 720 g/mol. The maximum absolute atomic E-state index is 11.2. The van der Waals surface area contributed by atoms with Crippen molar-refractivity contribution >= 4 is 17.1 Å². The predicted octanol–water partition coefficient (Wildman–Crippen LogP) is -3.38. The molecular formula is C27H28Cl2N3O12Zr. The number of phenolic OH excluding ortho intramolecular Hbond substituents is 6. The zero-order valence-electron chi connectivity index (χ0n) is 24.5. The summed E-state index contributed by atoms with van der Waals surface area (Å²) in [5.41, 5.74) is 1.78. The van der Waals surface area contributed by atoms with Gasteiger partial charge in [0, 0.05) is 0 Å². The molecule has 3 aromatic rings. The van der Waals surface area contributed by atoms with E-state index in [0.717, 1.165) is 5.12 Å². The molecule has 1 heterocycles. The third-order valence-electron chi connectivity index (χ3n) is 6.51. The minimum atomic E-state index is -0.587. The summed E-state index contributed by atoms with van der Waals surface area (Å²) >= 11 is 0.594. The van der Waals surface area contributed by atoms with Crippen LogP contribution in [0.3, 0.4) is 0 Å². The van der Waals surface area contributed by atoms with Gasteiger partial charge in [-0.05, 0) is 0 Å². The Morgan fingerprint density at radius 1 is 0.556 bits per heavy atom. The largest absolute Gasteiger partial charge is 1.00 e. The zero-order valence-corrected chi connectivity index (χ0v) is 28.5. The van der Waals surface area contributed by atoms with Crippen LogP contribution >= 0.6 is 0 Å². The average molecular weight is 749 g/mol. The Morgan fingerprint density at radius 3 is 1.20 bits per heavy atom. The summed E-state index contributed by atoms with van der Waals surface area (Å²) in [6.07, 6.45) is 0. The van der Waals surface area contributed by atoms with Crippen LogP contribution in [0, 0.1) is 0 Å². The summed E-state index contributed by atoms with van der Waals surface area (Å²) in [6, 6.07) is 3.77. The number of hydrogen-bond donors (Lipinski definition) is 7. The second-order valence-corrected chi connectivity index (χ2v) is 9.88. The maximum atomic E-state index is 11.2. The Labute approximate surface area is 284 Å². The number of halogens is 2. The van der Waals surface area contributed by atoms with Crippen LogP contribution in [-0.4, -0.2) is 79.0 Å². The van der Waals surface area contributed by atoms with E-state index in [1.165, 1.54) is 60.9 Å². The van der Waals surface area contributed by atoms with Gasteiger partial charge in [0.15, 0.2) is 0 Å². The number of hydrogen-bond acceptors (Lipinski definition) is 15. The van der Waals surface area contributed by atoms with Crippen LogP contribution in [0.4, 0.5) is 5.69 Å². The van der Waals surface area contributed by atoms with Gasteiger partial charge >= 0.3 is 261 Å². The Morgan fingerprint density at radius 2 is 0.867 bits per heavy atom. The molecule has 0 bridgehead atoms. The van der Waals surface area contributed by atoms with E-state index in [0.29, 0.717) is 24.7 Å². The zero-order chi connectivity index (χ0) is 31.7. The molecule has 0 radical (unpaired) electrons. The second kappa shape index (κ2) is 14.7. The van der Waals surface area contributed by atoms with Crippen molar-refractivity contribution in [1.29, 1.82) is 0 Å². The van der Waals surface area contributed by atoms with Crippen LogP contribution in [0.5, 0.6) is 69.0 Å². The van der Waals surface area contributed by atoms with Crippen LogP contribution in [-0.2, 0) is 24.7 Å². The Kier molecular flexibility index (Phi) is 12.0. The molecule has 4 rings (SSSR count). The molecule has 0 atom stereocenters. The minimum absolute atomic E-state index is 0. The van der Waals surface area contributed by atoms with Gasteiger partial charge in [0.05, 0.1) is 0 Å². The van der Waals surface area contributed by atoms with Gasteiger partial charge in [-0.15, -0.1) is 0 Å². The molecule has 0 aliphatic carbocycles. The monoisotopic (exact) mass is 746 g/mol. The van der Waals surface area contributed by atoms with Crippen molar-refractivity contribution in [3.63, 3.8) is 0 Å². The number of methoxy groups -OCH3 is 6.